The van der Waals surface area contributed by atoms with Crippen molar-refractivity contribution in [1.29, 1.82) is 0 Å². The van der Waals surface area contributed by atoms with Gasteiger partial charge in [-0.25, -0.2) is 9.97 Å². The van der Waals surface area contributed by atoms with Crippen LogP contribution in [0.1, 0.15) is 23.2 Å². The number of pyridine rings is 2. The third kappa shape index (κ3) is 6.35. The van der Waals surface area contributed by atoms with E-state index < -0.39 is 0 Å². The zero-order chi connectivity index (χ0) is 19.6. The third-order valence-corrected chi connectivity index (χ3v) is 4.37. The quantitative estimate of drug-likeness (QED) is 0.473. The van der Waals surface area contributed by atoms with E-state index in [0.717, 1.165) is 29.7 Å². The molecule has 7 heteroatoms. The largest absolute Gasteiger partial charge is 0.439 e. The van der Waals surface area contributed by atoms with Crippen molar-refractivity contribution >= 4 is 27.7 Å². The Balaban J connectivity index is 1.37. The number of aromatic nitrogens is 2. The summed E-state index contributed by atoms with van der Waals surface area (Å²) < 4.78 is 6.60. The van der Waals surface area contributed by atoms with Crippen LogP contribution in [0.5, 0.6) is 11.6 Å². The van der Waals surface area contributed by atoms with Crippen LogP contribution in [0.25, 0.3) is 0 Å². The predicted octanol–water partition coefficient (Wildman–Crippen LogP) is 4.65. The molecule has 144 valence electrons. The number of anilines is 1. The number of hydrogen-bond donors (Lipinski definition) is 2. The molecule has 0 atom stereocenters. The maximum Gasteiger partial charge on any atom is 0.252 e. The summed E-state index contributed by atoms with van der Waals surface area (Å²) in [4.78, 5) is 20.6. The van der Waals surface area contributed by atoms with E-state index in [0.29, 0.717) is 23.7 Å². The molecule has 28 heavy (non-hydrogen) atoms. The van der Waals surface area contributed by atoms with Gasteiger partial charge >= 0.3 is 0 Å². The normalized spacial score (nSPS) is 10.3. The van der Waals surface area contributed by atoms with Crippen molar-refractivity contribution in [3.63, 3.8) is 0 Å². The number of amides is 1. The number of carbonyl (C=O) groups is 1. The number of nitrogens with zero attached hydrogens (tertiary/aromatic N) is 2. The highest BCUT2D eigenvalue weighted by atomic mass is 79.9. The van der Waals surface area contributed by atoms with Gasteiger partial charge in [0.05, 0.1) is 5.56 Å². The van der Waals surface area contributed by atoms with Crippen LogP contribution >= 0.6 is 15.9 Å². The lowest BCUT2D eigenvalue weighted by atomic mass is 10.2. The van der Waals surface area contributed by atoms with Crippen LogP contribution < -0.4 is 15.4 Å². The molecule has 0 saturated heterocycles. The van der Waals surface area contributed by atoms with Gasteiger partial charge in [0.2, 0.25) is 5.88 Å². The summed E-state index contributed by atoms with van der Waals surface area (Å²) in [5.74, 6) is 1.84. The molecule has 0 radical (unpaired) electrons. The fraction of sp³-hybridized carbons (Fsp3) is 0.190. The number of hydrogen-bond acceptors (Lipinski definition) is 5. The predicted molar refractivity (Wildman–Crippen MR) is 113 cm³/mol. The number of ether oxygens (including phenoxy) is 1. The summed E-state index contributed by atoms with van der Waals surface area (Å²) in [6.45, 7) is 1.43. The first-order valence-corrected chi connectivity index (χ1v) is 9.82. The van der Waals surface area contributed by atoms with Crippen molar-refractivity contribution in [2.24, 2.45) is 0 Å². The summed E-state index contributed by atoms with van der Waals surface area (Å²) in [6.07, 6.45) is 5.09. The Bertz CT molecular complexity index is 888. The standard InChI is InChI=1S/C21H21BrN4O2/c22-17-6-5-7-18(14-17)28-20-10-9-16(15-26-20)21(27)25-13-4-3-12-24-19-8-1-2-11-23-19/h1-2,5-11,14-15H,3-4,12-13H2,(H,23,24)(H,25,27). The van der Waals surface area contributed by atoms with Gasteiger partial charge in [-0.05, 0) is 49.2 Å². The molecular weight excluding hydrogens is 420 g/mol. The van der Waals surface area contributed by atoms with Crippen LogP contribution in [0, 0.1) is 0 Å². The molecule has 0 saturated carbocycles. The molecule has 3 aromatic rings. The molecule has 0 aliphatic heterocycles. The molecular formula is C21H21BrN4O2. The van der Waals surface area contributed by atoms with E-state index in [-0.39, 0.29) is 5.91 Å². The molecule has 6 nitrogen and oxygen atoms in total. The number of benzene rings is 1. The Labute approximate surface area is 172 Å². The molecule has 0 spiro atoms. The Morgan fingerprint density at radius 3 is 2.64 bits per heavy atom. The van der Waals surface area contributed by atoms with E-state index >= 15 is 0 Å². The van der Waals surface area contributed by atoms with Gasteiger partial charge in [-0.1, -0.05) is 28.1 Å². The van der Waals surface area contributed by atoms with E-state index in [4.69, 9.17) is 4.74 Å². The minimum atomic E-state index is -0.140. The van der Waals surface area contributed by atoms with Crippen LogP contribution in [0.15, 0.2) is 71.5 Å². The van der Waals surface area contributed by atoms with Crippen LogP contribution in [-0.2, 0) is 0 Å². The van der Waals surface area contributed by atoms with Gasteiger partial charge in [0.1, 0.15) is 11.6 Å². The zero-order valence-corrected chi connectivity index (χ0v) is 16.9. The van der Waals surface area contributed by atoms with E-state index in [2.05, 4.69) is 36.5 Å². The molecule has 0 fully saturated rings. The minimum Gasteiger partial charge on any atom is -0.439 e. The maximum absolute atomic E-state index is 12.2. The number of halogens is 1. The SMILES string of the molecule is O=C(NCCCCNc1ccccn1)c1ccc(Oc2cccc(Br)c2)nc1. The second-order valence-corrected chi connectivity index (χ2v) is 6.96. The summed E-state index contributed by atoms with van der Waals surface area (Å²) in [7, 11) is 0. The highest BCUT2D eigenvalue weighted by molar-refractivity contribution is 9.10. The molecule has 2 aromatic heterocycles. The van der Waals surface area contributed by atoms with Gasteiger partial charge in [-0.15, -0.1) is 0 Å². The third-order valence-electron chi connectivity index (χ3n) is 3.88. The van der Waals surface area contributed by atoms with Crippen LogP contribution in [0.3, 0.4) is 0 Å². The lowest BCUT2D eigenvalue weighted by Crippen LogP contribution is -2.24. The molecule has 1 aromatic carbocycles. The van der Waals surface area contributed by atoms with Gasteiger partial charge in [-0.3, -0.25) is 4.79 Å². The van der Waals surface area contributed by atoms with E-state index in [9.17, 15) is 4.79 Å². The fourth-order valence-corrected chi connectivity index (χ4v) is 2.84. The van der Waals surface area contributed by atoms with Crippen molar-refractivity contribution in [2.75, 3.05) is 18.4 Å². The monoisotopic (exact) mass is 440 g/mol. The van der Waals surface area contributed by atoms with Crippen molar-refractivity contribution in [1.82, 2.24) is 15.3 Å². The molecule has 3 rings (SSSR count). The number of nitrogens with one attached hydrogen (secondary N) is 2. The molecule has 2 N–H and O–H groups in total. The Hall–Kier alpha value is -2.93. The summed E-state index contributed by atoms with van der Waals surface area (Å²) in [5, 5.41) is 6.15. The first kappa shape index (κ1) is 19.8. The molecule has 2 heterocycles. The molecule has 0 bridgehead atoms. The van der Waals surface area contributed by atoms with Crippen molar-refractivity contribution in [3.8, 4) is 11.6 Å². The van der Waals surface area contributed by atoms with Crippen molar-refractivity contribution in [3.05, 3.63) is 77.0 Å². The number of unbranched alkanes of at least 4 members (excludes halogenated alkanes) is 1. The van der Waals surface area contributed by atoms with Gasteiger partial charge in [0.15, 0.2) is 0 Å². The van der Waals surface area contributed by atoms with Crippen molar-refractivity contribution < 1.29 is 9.53 Å². The first-order valence-electron chi connectivity index (χ1n) is 9.03. The summed E-state index contributed by atoms with van der Waals surface area (Å²) in [5.41, 5.74) is 0.508. The smallest absolute Gasteiger partial charge is 0.252 e. The van der Waals surface area contributed by atoms with Gasteiger partial charge in [-0.2, -0.15) is 0 Å². The molecule has 0 aliphatic carbocycles. The lowest BCUT2D eigenvalue weighted by Gasteiger charge is -2.08. The highest BCUT2D eigenvalue weighted by Crippen LogP contribution is 2.22. The summed E-state index contributed by atoms with van der Waals surface area (Å²) >= 11 is 3.40. The Morgan fingerprint density at radius 1 is 1.00 bits per heavy atom. The Morgan fingerprint density at radius 2 is 1.89 bits per heavy atom. The second-order valence-electron chi connectivity index (χ2n) is 6.05. The van der Waals surface area contributed by atoms with E-state index in [1.807, 2.05) is 42.5 Å². The number of rotatable bonds is 9. The lowest BCUT2D eigenvalue weighted by molar-refractivity contribution is 0.0952. The first-order chi connectivity index (χ1) is 13.7. The van der Waals surface area contributed by atoms with Gasteiger partial charge in [0, 0.05) is 36.0 Å². The average Bonchev–Trinajstić information content (AvgIpc) is 2.72. The molecule has 1 amide bonds. The van der Waals surface area contributed by atoms with Crippen LogP contribution in [0.4, 0.5) is 5.82 Å². The molecule has 0 unspecified atom stereocenters. The number of carbonyl (C=O) groups excluding carboxylic acids is 1. The van der Waals surface area contributed by atoms with Crippen LogP contribution in [-0.4, -0.2) is 29.0 Å². The van der Waals surface area contributed by atoms with Gasteiger partial charge < -0.3 is 15.4 Å². The highest BCUT2D eigenvalue weighted by Gasteiger charge is 2.06. The van der Waals surface area contributed by atoms with Crippen molar-refractivity contribution in [2.45, 2.75) is 12.8 Å². The van der Waals surface area contributed by atoms with E-state index in [1.54, 1.807) is 18.3 Å². The second kappa shape index (κ2) is 10.4. The zero-order valence-electron chi connectivity index (χ0n) is 15.3. The topological polar surface area (TPSA) is 76.1 Å². The molecule has 0 aliphatic rings. The fourth-order valence-electron chi connectivity index (χ4n) is 2.46. The van der Waals surface area contributed by atoms with E-state index in [1.165, 1.54) is 6.20 Å². The van der Waals surface area contributed by atoms with Gasteiger partial charge in [0.25, 0.3) is 5.91 Å². The summed E-state index contributed by atoms with van der Waals surface area (Å²) in [6, 6.07) is 16.6. The maximum atomic E-state index is 12.2. The van der Waals surface area contributed by atoms with Crippen LogP contribution in [0.2, 0.25) is 0 Å². The Kier molecular flexibility index (Phi) is 7.37. The minimum absolute atomic E-state index is 0.140. The average molecular weight is 441 g/mol.